The molecule has 0 saturated carbocycles. The first-order valence-corrected chi connectivity index (χ1v) is 12.3. The number of rotatable bonds is 7. The van der Waals surface area contributed by atoms with Crippen LogP contribution in [-0.4, -0.2) is 44.6 Å². The SMILES string of the molecule is CN(Cc1ccccc1)c1ncc(CN2CC=C(c3ccc(F)cc3)CC2)c2nc(-c3ccco3)nn12. The predicted octanol–water partition coefficient (Wildman–Crippen LogP) is 5.45. The minimum atomic E-state index is -0.210. The van der Waals surface area contributed by atoms with E-state index in [1.807, 2.05) is 60.2 Å². The summed E-state index contributed by atoms with van der Waals surface area (Å²) in [6.07, 6.45) is 6.66. The molecule has 8 heteroatoms. The fourth-order valence-electron chi connectivity index (χ4n) is 4.74. The number of anilines is 1. The highest BCUT2D eigenvalue weighted by Crippen LogP contribution is 2.26. The Hall–Kier alpha value is -4.30. The van der Waals surface area contributed by atoms with Crippen molar-refractivity contribution in [2.24, 2.45) is 0 Å². The third kappa shape index (κ3) is 4.88. The topological polar surface area (TPSA) is 62.7 Å². The van der Waals surface area contributed by atoms with Crippen molar-refractivity contribution < 1.29 is 8.81 Å². The van der Waals surface area contributed by atoms with Crippen LogP contribution in [0.2, 0.25) is 0 Å². The quantitative estimate of drug-likeness (QED) is 0.300. The Morgan fingerprint density at radius 1 is 1.03 bits per heavy atom. The number of benzene rings is 2. The molecule has 1 aliphatic heterocycles. The summed E-state index contributed by atoms with van der Waals surface area (Å²) in [6.45, 7) is 3.09. The Bertz CT molecular complexity index is 1530. The third-order valence-electron chi connectivity index (χ3n) is 6.67. The highest BCUT2D eigenvalue weighted by atomic mass is 19.1. The highest BCUT2D eigenvalue weighted by molar-refractivity contribution is 5.66. The average Bonchev–Trinajstić information content (AvgIpc) is 3.61. The number of hydrogen-bond acceptors (Lipinski definition) is 6. The van der Waals surface area contributed by atoms with Crippen molar-refractivity contribution in [2.75, 3.05) is 25.0 Å². The Morgan fingerprint density at radius 2 is 1.86 bits per heavy atom. The summed E-state index contributed by atoms with van der Waals surface area (Å²) in [6, 6.07) is 20.7. The van der Waals surface area contributed by atoms with Gasteiger partial charge in [0, 0.05) is 45.0 Å². The van der Waals surface area contributed by atoms with Crippen LogP contribution in [0.15, 0.2) is 89.7 Å². The summed E-state index contributed by atoms with van der Waals surface area (Å²) >= 11 is 0. The van der Waals surface area contributed by atoms with Crippen LogP contribution in [-0.2, 0) is 13.1 Å². The van der Waals surface area contributed by atoms with Gasteiger partial charge in [-0.15, -0.1) is 5.10 Å². The lowest BCUT2D eigenvalue weighted by Crippen LogP contribution is -2.29. The molecule has 0 radical (unpaired) electrons. The molecule has 0 fully saturated rings. The van der Waals surface area contributed by atoms with E-state index >= 15 is 0 Å². The molecule has 186 valence electrons. The van der Waals surface area contributed by atoms with E-state index in [2.05, 4.69) is 28.0 Å². The highest BCUT2D eigenvalue weighted by Gasteiger charge is 2.21. The first kappa shape index (κ1) is 23.1. The molecule has 7 nitrogen and oxygen atoms in total. The summed E-state index contributed by atoms with van der Waals surface area (Å²) in [5.74, 6) is 1.66. The molecule has 37 heavy (non-hydrogen) atoms. The number of halogens is 1. The maximum Gasteiger partial charge on any atom is 0.228 e. The number of aromatic nitrogens is 4. The van der Waals surface area contributed by atoms with Gasteiger partial charge in [-0.2, -0.15) is 4.52 Å². The molecule has 5 aromatic rings. The molecule has 0 atom stereocenters. The molecule has 0 N–H and O–H groups in total. The first-order chi connectivity index (χ1) is 18.1. The molecule has 0 saturated heterocycles. The van der Waals surface area contributed by atoms with Crippen LogP contribution < -0.4 is 4.90 Å². The van der Waals surface area contributed by atoms with Crippen molar-refractivity contribution >= 4 is 17.2 Å². The monoisotopic (exact) mass is 494 g/mol. The van der Waals surface area contributed by atoms with Crippen LogP contribution in [0.25, 0.3) is 22.8 Å². The smallest absolute Gasteiger partial charge is 0.228 e. The maximum atomic E-state index is 13.3. The lowest BCUT2D eigenvalue weighted by Gasteiger charge is -2.27. The summed E-state index contributed by atoms with van der Waals surface area (Å²) in [5.41, 5.74) is 5.29. The minimum absolute atomic E-state index is 0.210. The van der Waals surface area contributed by atoms with Gasteiger partial charge in [-0.1, -0.05) is 48.5 Å². The zero-order chi connectivity index (χ0) is 25.2. The minimum Gasteiger partial charge on any atom is -0.461 e. The van der Waals surface area contributed by atoms with E-state index in [-0.39, 0.29) is 5.82 Å². The van der Waals surface area contributed by atoms with Gasteiger partial charge in [-0.05, 0) is 47.4 Å². The molecular formula is C29H27FN6O. The van der Waals surface area contributed by atoms with E-state index in [4.69, 9.17) is 19.5 Å². The van der Waals surface area contributed by atoms with E-state index in [9.17, 15) is 4.39 Å². The van der Waals surface area contributed by atoms with Gasteiger partial charge in [0.05, 0.1) is 6.26 Å². The van der Waals surface area contributed by atoms with Crippen molar-refractivity contribution in [3.05, 3.63) is 108 Å². The Kier molecular flexibility index (Phi) is 6.24. The maximum absolute atomic E-state index is 13.3. The lowest BCUT2D eigenvalue weighted by molar-refractivity contribution is 0.294. The molecule has 0 spiro atoms. The molecule has 6 rings (SSSR count). The summed E-state index contributed by atoms with van der Waals surface area (Å²) < 4.78 is 20.7. The van der Waals surface area contributed by atoms with E-state index in [0.29, 0.717) is 30.6 Å². The molecule has 0 amide bonds. The van der Waals surface area contributed by atoms with Crippen LogP contribution in [0.5, 0.6) is 0 Å². The van der Waals surface area contributed by atoms with Crippen LogP contribution in [0.1, 0.15) is 23.1 Å². The third-order valence-corrected chi connectivity index (χ3v) is 6.67. The second-order valence-electron chi connectivity index (χ2n) is 9.29. The van der Waals surface area contributed by atoms with Crippen LogP contribution in [0.3, 0.4) is 0 Å². The summed E-state index contributed by atoms with van der Waals surface area (Å²) in [4.78, 5) is 14.1. The van der Waals surface area contributed by atoms with E-state index in [1.165, 1.54) is 23.3 Å². The van der Waals surface area contributed by atoms with Crippen LogP contribution in [0.4, 0.5) is 10.3 Å². The lowest BCUT2D eigenvalue weighted by atomic mass is 9.99. The van der Waals surface area contributed by atoms with Gasteiger partial charge < -0.3 is 9.32 Å². The molecule has 0 bridgehead atoms. The predicted molar refractivity (Wildman–Crippen MR) is 141 cm³/mol. The summed E-state index contributed by atoms with van der Waals surface area (Å²) in [7, 11) is 2.01. The number of hydrogen-bond donors (Lipinski definition) is 0. The first-order valence-electron chi connectivity index (χ1n) is 12.3. The van der Waals surface area contributed by atoms with Crippen molar-refractivity contribution in [1.29, 1.82) is 0 Å². The van der Waals surface area contributed by atoms with Gasteiger partial charge in [0.1, 0.15) is 5.82 Å². The van der Waals surface area contributed by atoms with E-state index < -0.39 is 0 Å². The number of fused-ring (bicyclic) bond motifs is 1. The number of nitrogens with zero attached hydrogens (tertiary/aromatic N) is 6. The molecule has 0 unspecified atom stereocenters. The Morgan fingerprint density at radius 3 is 2.59 bits per heavy atom. The van der Waals surface area contributed by atoms with Crippen molar-refractivity contribution in [3.8, 4) is 11.6 Å². The second kappa shape index (κ2) is 9.99. The van der Waals surface area contributed by atoms with Crippen molar-refractivity contribution in [1.82, 2.24) is 24.5 Å². The molecule has 4 heterocycles. The molecule has 3 aromatic heterocycles. The molecule has 2 aromatic carbocycles. The summed E-state index contributed by atoms with van der Waals surface area (Å²) in [5, 5.41) is 4.78. The largest absolute Gasteiger partial charge is 0.461 e. The van der Waals surface area contributed by atoms with Crippen LogP contribution in [0, 0.1) is 5.82 Å². The fraction of sp³-hybridized carbons (Fsp3) is 0.207. The van der Waals surface area contributed by atoms with Gasteiger partial charge in [0.2, 0.25) is 11.8 Å². The standard InChI is InChI=1S/C29H27FN6O/c1-34(19-21-6-3-2-4-7-21)29-31-18-24(28-32-27(33-36(28)29)26-8-5-17-37-26)20-35-15-13-23(14-16-35)22-9-11-25(30)12-10-22/h2-13,17-18H,14-16,19-20H2,1H3. The van der Waals surface area contributed by atoms with Gasteiger partial charge in [-0.3, -0.25) is 4.90 Å². The van der Waals surface area contributed by atoms with Crippen molar-refractivity contribution in [3.63, 3.8) is 0 Å². The van der Waals surface area contributed by atoms with Crippen LogP contribution >= 0.6 is 0 Å². The molecule has 0 aliphatic carbocycles. The molecule has 1 aliphatic rings. The normalized spacial score (nSPS) is 14.2. The number of furan rings is 1. The zero-order valence-electron chi connectivity index (χ0n) is 20.6. The Balaban J connectivity index is 1.28. The average molecular weight is 495 g/mol. The van der Waals surface area contributed by atoms with Gasteiger partial charge in [-0.25, -0.2) is 14.4 Å². The van der Waals surface area contributed by atoms with E-state index in [0.717, 1.165) is 36.3 Å². The van der Waals surface area contributed by atoms with E-state index in [1.54, 1.807) is 6.26 Å². The van der Waals surface area contributed by atoms with Crippen molar-refractivity contribution in [2.45, 2.75) is 19.5 Å². The molecular weight excluding hydrogens is 467 g/mol. The zero-order valence-corrected chi connectivity index (χ0v) is 20.6. The van der Waals surface area contributed by atoms with Gasteiger partial charge in [0.25, 0.3) is 0 Å². The van der Waals surface area contributed by atoms with Gasteiger partial charge in [0.15, 0.2) is 11.4 Å². The fourth-order valence-corrected chi connectivity index (χ4v) is 4.74. The Labute approximate surface area is 214 Å². The van der Waals surface area contributed by atoms with Gasteiger partial charge >= 0.3 is 0 Å². The second-order valence-corrected chi connectivity index (χ2v) is 9.29.